The van der Waals surface area contributed by atoms with E-state index in [1.54, 1.807) is 0 Å². The monoisotopic (exact) mass is 273 g/mol. The van der Waals surface area contributed by atoms with Crippen molar-refractivity contribution in [1.82, 2.24) is 15.5 Å². The molecule has 1 atom stereocenters. The number of nitrogens with zero attached hydrogens (tertiary/aromatic N) is 2. The number of aromatic nitrogens is 2. The highest BCUT2D eigenvalue weighted by molar-refractivity contribution is 5.43. The number of ether oxygens (including phenoxy) is 1. The first-order valence-corrected chi connectivity index (χ1v) is 7.05. The summed E-state index contributed by atoms with van der Waals surface area (Å²) < 4.78 is 10.6. The number of hydrogen-bond donors (Lipinski definition) is 1. The van der Waals surface area contributed by atoms with Gasteiger partial charge >= 0.3 is 0 Å². The SMILES string of the molecule is Cc1cccc2c1OCCCC2NCCc1ncon1. The Bertz CT molecular complexity index is 554. The van der Waals surface area contributed by atoms with E-state index in [4.69, 9.17) is 9.26 Å². The first kappa shape index (κ1) is 13.1. The number of fused-ring (bicyclic) bond motifs is 1. The van der Waals surface area contributed by atoms with Gasteiger partial charge in [0.05, 0.1) is 6.61 Å². The molecule has 1 aromatic carbocycles. The summed E-state index contributed by atoms with van der Waals surface area (Å²) in [7, 11) is 0. The number of hydrogen-bond acceptors (Lipinski definition) is 5. The maximum absolute atomic E-state index is 5.88. The normalized spacial score (nSPS) is 18.1. The van der Waals surface area contributed by atoms with E-state index in [1.807, 2.05) is 0 Å². The van der Waals surface area contributed by atoms with Gasteiger partial charge in [-0.25, -0.2) is 0 Å². The van der Waals surface area contributed by atoms with Crippen LogP contribution >= 0.6 is 0 Å². The fourth-order valence-corrected chi connectivity index (χ4v) is 2.64. The molecule has 2 aromatic rings. The van der Waals surface area contributed by atoms with Crippen molar-refractivity contribution < 1.29 is 9.26 Å². The molecule has 1 N–H and O–H groups in total. The van der Waals surface area contributed by atoms with Crippen molar-refractivity contribution in [2.45, 2.75) is 32.2 Å². The van der Waals surface area contributed by atoms with Crippen LogP contribution in [0.4, 0.5) is 0 Å². The zero-order valence-electron chi connectivity index (χ0n) is 11.6. The van der Waals surface area contributed by atoms with E-state index in [-0.39, 0.29) is 0 Å². The molecule has 0 fully saturated rings. The molecule has 106 valence electrons. The van der Waals surface area contributed by atoms with Gasteiger partial charge < -0.3 is 14.6 Å². The van der Waals surface area contributed by atoms with Crippen LogP contribution in [0.5, 0.6) is 5.75 Å². The summed E-state index contributed by atoms with van der Waals surface area (Å²) >= 11 is 0. The van der Waals surface area contributed by atoms with Crippen LogP contribution in [0.15, 0.2) is 29.1 Å². The lowest BCUT2D eigenvalue weighted by molar-refractivity contribution is 0.313. The van der Waals surface area contributed by atoms with E-state index in [2.05, 4.69) is 40.6 Å². The van der Waals surface area contributed by atoms with Crippen LogP contribution < -0.4 is 10.1 Å². The van der Waals surface area contributed by atoms with E-state index in [1.165, 1.54) is 17.5 Å². The zero-order chi connectivity index (χ0) is 13.8. The Hall–Kier alpha value is -1.88. The fraction of sp³-hybridized carbons (Fsp3) is 0.467. The zero-order valence-corrected chi connectivity index (χ0v) is 11.6. The lowest BCUT2D eigenvalue weighted by atomic mass is 10.00. The molecule has 5 heteroatoms. The van der Waals surface area contributed by atoms with E-state index >= 15 is 0 Å². The molecule has 0 bridgehead atoms. The Morgan fingerprint density at radius 3 is 3.20 bits per heavy atom. The summed E-state index contributed by atoms with van der Waals surface area (Å²) in [5.74, 6) is 1.79. The molecule has 0 spiro atoms. The van der Waals surface area contributed by atoms with Crippen molar-refractivity contribution in [3.05, 3.63) is 41.5 Å². The van der Waals surface area contributed by atoms with Crippen LogP contribution in [-0.4, -0.2) is 23.3 Å². The highest BCUT2D eigenvalue weighted by atomic mass is 16.5. The highest BCUT2D eigenvalue weighted by Gasteiger charge is 2.20. The van der Waals surface area contributed by atoms with Gasteiger partial charge in [0.2, 0.25) is 6.39 Å². The molecular weight excluding hydrogens is 254 g/mol. The van der Waals surface area contributed by atoms with Gasteiger partial charge in [-0.15, -0.1) is 0 Å². The van der Waals surface area contributed by atoms with Crippen LogP contribution in [0.25, 0.3) is 0 Å². The van der Waals surface area contributed by atoms with Gasteiger partial charge in [-0.05, 0) is 25.3 Å². The summed E-state index contributed by atoms with van der Waals surface area (Å²) in [5, 5.41) is 7.41. The topological polar surface area (TPSA) is 60.2 Å². The van der Waals surface area contributed by atoms with Crippen LogP contribution in [0.2, 0.25) is 0 Å². The van der Waals surface area contributed by atoms with E-state index in [9.17, 15) is 0 Å². The van der Waals surface area contributed by atoms with Gasteiger partial charge in [0.15, 0.2) is 5.82 Å². The van der Waals surface area contributed by atoms with Crippen molar-refractivity contribution in [1.29, 1.82) is 0 Å². The third-order valence-corrected chi connectivity index (χ3v) is 3.65. The highest BCUT2D eigenvalue weighted by Crippen LogP contribution is 2.33. The van der Waals surface area contributed by atoms with Gasteiger partial charge in [-0.3, -0.25) is 0 Å². The average Bonchev–Trinajstić information content (AvgIpc) is 2.87. The summed E-state index contributed by atoms with van der Waals surface area (Å²) in [4.78, 5) is 4.03. The Morgan fingerprint density at radius 2 is 2.35 bits per heavy atom. The van der Waals surface area contributed by atoms with Crippen molar-refractivity contribution >= 4 is 0 Å². The standard InChI is InChI=1S/C15H19N3O2/c1-11-4-2-5-12-13(6-3-9-19-15(11)12)16-8-7-14-17-10-20-18-14/h2,4-5,10,13,16H,3,6-9H2,1H3. The third kappa shape index (κ3) is 2.82. The molecule has 0 radical (unpaired) electrons. The molecule has 1 aliphatic heterocycles. The van der Waals surface area contributed by atoms with Gasteiger partial charge in [-0.2, -0.15) is 4.98 Å². The van der Waals surface area contributed by atoms with Crippen molar-refractivity contribution in [2.24, 2.45) is 0 Å². The van der Waals surface area contributed by atoms with E-state index in [0.717, 1.165) is 44.0 Å². The molecule has 0 saturated carbocycles. The number of benzene rings is 1. The Morgan fingerprint density at radius 1 is 1.40 bits per heavy atom. The predicted molar refractivity (Wildman–Crippen MR) is 74.7 cm³/mol. The maximum Gasteiger partial charge on any atom is 0.213 e. The second-order valence-corrected chi connectivity index (χ2v) is 5.09. The molecule has 1 unspecified atom stereocenters. The molecule has 20 heavy (non-hydrogen) atoms. The Kier molecular flexibility index (Phi) is 3.97. The number of para-hydroxylation sites is 1. The summed E-state index contributed by atoms with van der Waals surface area (Å²) in [6.45, 7) is 3.72. The molecule has 5 nitrogen and oxygen atoms in total. The van der Waals surface area contributed by atoms with Gasteiger partial charge in [0.1, 0.15) is 5.75 Å². The van der Waals surface area contributed by atoms with Crippen molar-refractivity contribution in [3.63, 3.8) is 0 Å². The third-order valence-electron chi connectivity index (χ3n) is 3.65. The lowest BCUT2D eigenvalue weighted by Crippen LogP contribution is -2.23. The summed E-state index contributed by atoms with van der Waals surface area (Å²) in [6, 6.07) is 6.68. The minimum atomic E-state index is 0.333. The molecule has 2 heterocycles. The minimum Gasteiger partial charge on any atom is -0.493 e. The first-order valence-electron chi connectivity index (χ1n) is 7.05. The number of nitrogens with one attached hydrogen (secondary N) is 1. The second-order valence-electron chi connectivity index (χ2n) is 5.09. The van der Waals surface area contributed by atoms with Crippen LogP contribution in [0, 0.1) is 6.92 Å². The molecular formula is C15H19N3O2. The first-order chi connectivity index (χ1) is 9.84. The number of aryl methyl sites for hydroxylation is 1. The largest absolute Gasteiger partial charge is 0.493 e. The van der Waals surface area contributed by atoms with E-state index < -0.39 is 0 Å². The Labute approximate surface area is 118 Å². The van der Waals surface area contributed by atoms with Gasteiger partial charge in [0.25, 0.3) is 0 Å². The molecule has 0 aliphatic carbocycles. The molecule has 3 rings (SSSR count). The molecule has 0 saturated heterocycles. The van der Waals surface area contributed by atoms with Crippen LogP contribution in [0.3, 0.4) is 0 Å². The predicted octanol–water partition coefficient (Wildman–Crippen LogP) is 2.42. The molecule has 0 amide bonds. The fourth-order valence-electron chi connectivity index (χ4n) is 2.64. The maximum atomic E-state index is 5.88. The average molecular weight is 273 g/mol. The van der Waals surface area contributed by atoms with E-state index in [0.29, 0.717) is 6.04 Å². The minimum absolute atomic E-state index is 0.333. The Balaban J connectivity index is 1.68. The number of rotatable bonds is 4. The lowest BCUT2D eigenvalue weighted by Gasteiger charge is -2.19. The summed E-state index contributed by atoms with van der Waals surface area (Å²) in [5.41, 5.74) is 2.46. The van der Waals surface area contributed by atoms with Crippen LogP contribution in [-0.2, 0) is 6.42 Å². The van der Waals surface area contributed by atoms with Crippen molar-refractivity contribution in [3.8, 4) is 5.75 Å². The smallest absolute Gasteiger partial charge is 0.213 e. The molecule has 1 aromatic heterocycles. The van der Waals surface area contributed by atoms with Crippen LogP contribution in [0.1, 0.15) is 35.8 Å². The summed E-state index contributed by atoms with van der Waals surface area (Å²) in [6.07, 6.45) is 4.29. The second kappa shape index (κ2) is 6.05. The molecule has 1 aliphatic rings. The van der Waals surface area contributed by atoms with Crippen molar-refractivity contribution in [2.75, 3.05) is 13.2 Å². The van der Waals surface area contributed by atoms with Gasteiger partial charge in [-0.1, -0.05) is 23.4 Å². The quantitative estimate of drug-likeness (QED) is 0.927. The van der Waals surface area contributed by atoms with Gasteiger partial charge in [0, 0.05) is 24.6 Å².